The van der Waals surface area contributed by atoms with Gasteiger partial charge in [0.05, 0.1) is 22.3 Å². The molecule has 3 N–H and O–H groups in total. The quantitative estimate of drug-likeness (QED) is 0.308. The van der Waals surface area contributed by atoms with Crippen molar-refractivity contribution in [3.63, 3.8) is 0 Å². The second-order valence-electron chi connectivity index (χ2n) is 14.0. The maximum absolute atomic E-state index is 13.1. The summed E-state index contributed by atoms with van der Waals surface area (Å²) in [5, 5.41) is 25.8. The molecule has 3 bridgehead atoms. The van der Waals surface area contributed by atoms with Crippen LogP contribution in [0.4, 0.5) is 0 Å². The van der Waals surface area contributed by atoms with Gasteiger partial charge in [0, 0.05) is 53.9 Å². The normalized spacial score (nSPS) is 36.1. The molecule has 6 heterocycles. The number of phenolic OH excluding ortho intramolecular Hbond substituents is 1. The van der Waals surface area contributed by atoms with Crippen LogP contribution < -0.4 is 0 Å². The van der Waals surface area contributed by atoms with Crippen molar-refractivity contribution >= 4 is 33.2 Å². The third-order valence-corrected chi connectivity index (χ3v) is 11.6. The summed E-state index contributed by atoms with van der Waals surface area (Å²) in [4.78, 5) is 26.5. The Morgan fingerprint density at radius 2 is 1.84 bits per heavy atom. The molecule has 8 rings (SSSR count). The topological polar surface area (TPSA) is 92.7 Å². The fourth-order valence-electron chi connectivity index (χ4n) is 9.92. The number of hydrogen-bond donors (Lipinski definition) is 3. The number of aromatic hydroxyl groups is 1. The maximum atomic E-state index is 13.1. The second kappa shape index (κ2) is 10.6. The van der Waals surface area contributed by atoms with E-state index in [1.807, 2.05) is 18.3 Å². The molecule has 1 aromatic carbocycles. The number of allylic oxidation sites excluding steroid dienone is 3. The van der Waals surface area contributed by atoms with E-state index in [0.717, 1.165) is 92.2 Å². The van der Waals surface area contributed by atoms with Crippen molar-refractivity contribution in [2.24, 2.45) is 11.3 Å². The number of H-pyrrole nitrogens is 1. The van der Waals surface area contributed by atoms with Crippen LogP contribution in [0.2, 0.25) is 0 Å². The minimum absolute atomic E-state index is 0.0230. The van der Waals surface area contributed by atoms with Crippen molar-refractivity contribution in [1.29, 1.82) is 0 Å². The number of aliphatic hydroxyl groups is 1. The van der Waals surface area contributed by atoms with Crippen LogP contribution in [0.5, 0.6) is 5.75 Å². The Morgan fingerprint density at radius 3 is 2.77 bits per heavy atom. The highest BCUT2D eigenvalue weighted by Gasteiger charge is 2.66. The number of fused-ring (bicyclic) bond motifs is 5. The van der Waals surface area contributed by atoms with Gasteiger partial charge in [-0.2, -0.15) is 0 Å². The van der Waals surface area contributed by atoms with Gasteiger partial charge in [0.25, 0.3) is 0 Å². The number of piperidine rings is 1. The highest BCUT2D eigenvalue weighted by Crippen LogP contribution is 2.62. The minimum atomic E-state index is -1.01. The van der Waals surface area contributed by atoms with Gasteiger partial charge in [-0.05, 0) is 107 Å². The summed E-state index contributed by atoms with van der Waals surface area (Å²) in [7, 11) is 0. The van der Waals surface area contributed by atoms with Gasteiger partial charge >= 0.3 is 0 Å². The van der Waals surface area contributed by atoms with Gasteiger partial charge < -0.3 is 20.1 Å². The van der Waals surface area contributed by atoms with E-state index in [-0.39, 0.29) is 23.1 Å². The van der Waals surface area contributed by atoms with Gasteiger partial charge in [-0.3, -0.25) is 14.7 Å². The maximum Gasteiger partial charge on any atom is 0.139 e. The van der Waals surface area contributed by atoms with E-state index in [2.05, 4.69) is 39.1 Å². The monoisotopic (exact) mass is 580 g/mol. The smallest absolute Gasteiger partial charge is 0.139 e. The molecule has 3 aromatic rings. The lowest BCUT2D eigenvalue weighted by atomic mass is 9.54. The summed E-state index contributed by atoms with van der Waals surface area (Å²) >= 11 is 0. The molecule has 7 nitrogen and oxygen atoms in total. The molecule has 3 fully saturated rings. The zero-order valence-corrected chi connectivity index (χ0v) is 25.1. The fourth-order valence-corrected chi connectivity index (χ4v) is 9.92. The molecule has 6 atom stereocenters. The first-order valence-electron chi connectivity index (χ1n) is 16.7. The highest BCUT2D eigenvalue weighted by molar-refractivity contribution is 6.11. The van der Waals surface area contributed by atoms with Crippen LogP contribution in [0.3, 0.4) is 0 Å². The third-order valence-electron chi connectivity index (χ3n) is 11.6. The van der Waals surface area contributed by atoms with E-state index in [1.165, 1.54) is 18.4 Å². The Balaban J connectivity index is 1.34. The number of carbonyl (C=O) groups is 1. The molecule has 226 valence electrons. The summed E-state index contributed by atoms with van der Waals surface area (Å²) in [6.07, 6.45) is 18.9. The number of ketones is 1. The number of carbonyl (C=O) groups excluding carboxylic acids is 1. The van der Waals surface area contributed by atoms with Crippen molar-refractivity contribution < 1.29 is 15.0 Å². The molecule has 5 aliphatic rings. The van der Waals surface area contributed by atoms with Crippen LogP contribution >= 0.6 is 0 Å². The number of pyridine rings is 1. The zero-order valence-electron chi connectivity index (χ0n) is 25.1. The third kappa shape index (κ3) is 4.41. The minimum Gasteiger partial charge on any atom is -0.506 e. The van der Waals surface area contributed by atoms with Crippen LogP contribution in [-0.4, -0.2) is 79.6 Å². The van der Waals surface area contributed by atoms with Crippen LogP contribution in [-0.2, 0) is 4.79 Å². The average Bonchev–Trinajstić information content (AvgIpc) is 3.52. The molecule has 3 saturated heterocycles. The Morgan fingerprint density at radius 1 is 0.953 bits per heavy atom. The Hall–Kier alpha value is -3.00. The predicted octanol–water partition coefficient (Wildman–Crippen LogP) is 5.96. The molecule has 0 amide bonds. The second-order valence-corrected chi connectivity index (χ2v) is 14.0. The van der Waals surface area contributed by atoms with Crippen molar-refractivity contribution in [1.82, 2.24) is 19.8 Å². The number of nitrogens with one attached hydrogen (secondary N) is 1. The van der Waals surface area contributed by atoms with Crippen molar-refractivity contribution in [3.8, 4) is 5.75 Å². The largest absolute Gasteiger partial charge is 0.506 e. The van der Waals surface area contributed by atoms with Crippen LogP contribution in [0.25, 0.3) is 27.4 Å². The van der Waals surface area contributed by atoms with Gasteiger partial charge in [-0.15, -0.1) is 0 Å². The lowest BCUT2D eigenvalue weighted by Gasteiger charge is -2.58. The van der Waals surface area contributed by atoms with E-state index in [4.69, 9.17) is 4.98 Å². The molecule has 4 aliphatic heterocycles. The molecular weight excluding hydrogens is 536 g/mol. The lowest BCUT2D eigenvalue weighted by molar-refractivity contribution is -0.120. The summed E-state index contributed by atoms with van der Waals surface area (Å²) in [5.74, 6) is 0.898. The molecule has 43 heavy (non-hydrogen) atoms. The number of nitrogens with zero attached hydrogens (tertiary/aromatic N) is 3. The summed E-state index contributed by atoms with van der Waals surface area (Å²) in [5.41, 5.74) is 2.63. The van der Waals surface area contributed by atoms with Gasteiger partial charge in [-0.25, -0.2) is 0 Å². The highest BCUT2D eigenvalue weighted by atomic mass is 16.3. The molecule has 1 aliphatic carbocycles. The van der Waals surface area contributed by atoms with Gasteiger partial charge in [0.1, 0.15) is 11.5 Å². The van der Waals surface area contributed by atoms with Crippen LogP contribution in [0.1, 0.15) is 76.3 Å². The molecular formula is C36H44N4O3. The lowest BCUT2D eigenvalue weighted by Crippen LogP contribution is -2.65. The predicted molar refractivity (Wildman–Crippen MR) is 170 cm³/mol. The van der Waals surface area contributed by atoms with Gasteiger partial charge in [-0.1, -0.05) is 24.3 Å². The molecule has 6 unspecified atom stereocenters. The Bertz CT molecular complexity index is 1630. The summed E-state index contributed by atoms with van der Waals surface area (Å²) in [6.45, 7) is 4.02. The Kier molecular flexibility index (Phi) is 6.77. The van der Waals surface area contributed by atoms with E-state index in [9.17, 15) is 15.0 Å². The van der Waals surface area contributed by atoms with Gasteiger partial charge in [0.15, 0.2) is 0 Å². The number of Topliss-reactive ketones (excluding diaryl/α,β-unsaturated/α-hetero) is 1. The van der Waals surface area contributed by atoms with Crippen LogP contribution in [0.15, 0.2) is 48.7 Å². The van der Waals surface area contributed by atoms with Crippen LogP contribution in [0, 0.1) is 11.3 Å². The number of hydrogen-bond acceptors (Lipinski definition) is 6. The molecule has 2 aromatic heterocycles. The first-order chi connectivity index (χ1) is 21.0. The van der Waals surface area contributed by atoms with Crippen molar-refractivity contribution in [2.75, 3.05) is 26.2 Å². The SMILES string of the molecule is O=C1CCCN2C(CC1)CC13CN4CCCC/C=C/CCC(O)(C=C(c5nccc6c5[nH]c5c(O)cccc56)C1CC4)C23. The summed E-state index contributed by atoms with van der Waals surface area (Å²) < 4.78 is 0. The van der Waals surface area contributed by atoms with E-state index < -0.39 is 5.60 Å². The van der Waals surface area contributed by atoms with E-state index in [0.29, 0.717) is 31.1 Å². The Labute approximate surface area is 253 Å². The number of rotatable bonds is 1. The number of phenols is 1. The molecule has 1 spiro atoms. The summed E-state index contributed by atoms with van der Waals surface area (Å²) in [6, 6.07) is 8.04. The zero-order chi connectivity index (χ0) is 29.2. The molecule has 0 radical (unpaired) electrons. The average molecular weight is 581 g/mol. The first-order valence-corrected chi connectivity index (χ1v) is 16.7. The fraction of sp³-hybridized carbons (Fsp3) is 0.556. The number of para-hydroxylation sites is 1. The number of aromatic nitrogens is 2. The van der Waals surface area contributed by atoms with E-state index in [1.54, 1.807) is 6.07 Å². The first kappa shape index (κ1) is 27.5. The van der Waals surface area contributed by atoms with Gasteiger partial charge in [0.2, 0.25) is 0 Å². The van der Waals surface area contributed by atoms with E-state index >= 15 is 0 Å². The number of aromatic amines is 1. The van der Waals surface area contributed by atoms with Crippen molar-refractivity contribution in [3.05, 3.63) is 54.4 Å². The molecule has 0 saturated carbocycles. The standard InChI is InChI=1S/C36H44N4O3/c41-25-9-8-19-40-24(12-13-25)21-35-23-39-18-6-4-2-1-3-5-16-36(43,34(35)40)22-28(29(35)15-20-39)32-33-27(14-17-37-32)26-10-7-11-30(42)31(26)38-33/h1,3,7,10-11,14,17,22,24,29,34,38,42-43H,2,4-6,8-9,12-13,15-16,18-21,23H2/b3-1+. The number of benzene rings is 1. The van der Waals surface area contributed by atoms with Crippen molar-refractivity contribution in [2.45, 2.75) is 88.3 Å². The molecule has 7 heteroatoms.